The molecule has 0 radical (unpaired) electrons. The fourth-order valence-electron chi connectivity index (χ4n) is 6.13. The van der Waals surface area contributed by atoms with Crippen molar-refractivity contribution < 1.29 is 19.1 Å². The Balaban J connectivity index is 1.65. The number of amides is 1. The average molecular weight is 466 g/mol. The molecule has 7 nitrogen and oxygen atoms in total. The summed E-state index contributed by atoms with van der Waals surface area (Å²) in [5.74, 6) is -0.945. The van der Waals surface area contributed by atoms with E-state index in [1.807, 2.05) is 59.5 Å². The van der Waals surface area contributed by atoms with Crippen molar-refractivity contribution >= 4 is 34.9 Å². The standard InChI is InChI=1S/C28H23N3O4/c1-16(32)25-24(26(33)17-11-13-29-14-12-17)28(20-5-3-4-6-21(20)30-27(28)34)23-10-7-18-15-19(35-2)8-9-22(18)31(23)25/h3-15,23-25H,1-2H3,(H,30,34)/t23-,24+,25-,28-/m1/s1. The number of methoxy groups -OCH3 is 1. The predicted molar refractivity (Wildman–Crippen MR) is 132 cm³/mol. The fourth-order valence-corrected chi connectivity index (χ4v) is 6.13. The summed E-state index contributed by atoms with van der Waals surface area (Å²) in [6.45, 7) is 1.49. The van der Waals surface area contributed by atoms with Crippen LogP contribution in [-0.4, -0.2) is 41.7 Å². The second kappa shape index (κ2) is 7.63. The first-order valence-corrected chi connectivity index (χ1v) is 11.5. The SMILES string of the molecule is COc1ccc2c(c1)C=C[C@H]1N2[C@H](C(C)=O)[C@@H](C(=O)c2ccncc2)[C@]12C(=O)Nc1ccccc12. The molecule has 1 spiro atoms. The molecule has 3 aliphatic rings. The summed E-state index contributed by atoms with van der Waals surface area (Å²) in [4.78, 5) is 47.5. The number of rotatable bonds is 4. The minimum absolute atomic E-state index is 0.173. The second-order valence-electron chi connectivity index (χ2n) is 9.14. The molecule has 7 heteroatoms. The Kier molecular flexibility index (Phi) is 4.64. The van der Waals surface area contributed by atoms with Crippen LogP contribution in [0.5, 0.6) is 5.75 Å². The Bertz CT molecular complexity index is 1420. The minimum Gasteiger partial charge on any atom is -0.497 e. The van der Waals surface area contributed by atoms with E-state index in [4.69, 9.17) is 4.74 Å². The zero-order chi connectivity index (χ0) is 24.3. The van der Waals surface area contributed by atoms with Gasteiger partial charge in [0.1, 0.15) is 11.2 Å². The van der Waals surface area contributed by atoms with Crippen LogP contribution in [0.2, 0.25) is 0 Å². The van der Waals surface area contributed by atoms with Gasteiger partial charge in [0.05, 0.1) is 25.1 Å². The van der Waals surface area contributed by atoms with E-state index in [1.54, 1.807) is 31.6 Å². The molecule has 35 heavy (non-hydrogen) atoms. The molecule has 3 aromatic rings. The molecule has 1 amide bonds. The number of fused-ring (bicyclic) bond motifs is 6. The number of anilines is 2. The van der Waals surface area contributed by atoms with E-state index < -0.39 is 23.4 Å². The normalized spacial score (nSPS) is 25.6. The molecule has 1 saturated heterocycles. The Morgan fingerprint density at radius 2 is 1.86 bits per heavy atom. The lowest BCUT2D eigenvalue weighted by molar-refractivity contribution is -0.122. The van der Waals surface area contributed by atoms with E-state index >= 15 is 0 Å². The highest BCUT2D eigenvalue weighted by Gasteiger charge is 2.69. The van der Waals surface area contributed by atoms with Gasteiger partial charge in [0.2, 0.25) is 5.91 Å². The molecule has 0 unspecified atom stereocenters. The third kappa shape index (κ3) is 2.78. The summed E-state index contributed by atoms with van der Waals surface area (Å²) >= 11 is 0. The van der Waals surface area contributed by atoms with Crippen molar-refractivity contribution in [1.29, 1.82) is 0 Å². The van der Waals surface area contributed by atoms with E-state index in [0.29, 0.717) is 17.0 Å². The second-order valence-corrected chi connectivity index (χ2v) is 9.14. The van der Waals surface area contributed by atoms with E-state index in [0.717, 1.165) is 16.8 Å². The number of ketones is 2. The number of aromatic nitrogens is 1. The number of nitrogens with one attached hydrogen (secondary N) is 1. The monoisotopic (exact) mass is 465 g/mol. The van der Waals surface area contributed by atoms with Gasteiger partial charge in [-0.05, 0) is 48.9 Å². The molecule has 0 bridgehead atoms. The van der Waals surface area contributed by atoms with Gasteiger partial charge in [-0.2, -0.15) is 0 Å². The number of carbonyl (C=O) groups is 3. The minimum atomic E-state index is -1.28. The molecule has 4 heterocycles. The summed E-state index contributed by atoms with van der Waals surface area (Å²) in [6, 6.07) is 15.0. The van der Waals surface area contributed by atoms with E-state index in [-0.39, 0.29) is 17.5 Å². The molecular formula is C28H23N3O4. The Morgan fingerprint density at radius 1 is 1.09 bits per heavy atom. The number of pyridine rings is 1. The van der Waals surface area contributed by atoms with Crippen LogP contribution in [-0.2, 0) is 15.0 Å². The van der Waals surface area contributed by atoms with Crippen molar-refractivity contribution in [2.24, 2.45) is 5.92 Å². The number of hydrogen-bond acceptors (Lipinski definition) is 6. The number of ether oxygens (including phenoxy) is 1. The van der Waals surface area contributed by atoms with E-state index in [2.05, 4.69) is 10.3 Å². The topological polar surface area (TPSA) is 88.6 Å². The predicted octanol–water partition coefficient (Wildman–Crippen LogP) is 3.65. The van der Waals surface area contributed by atoms with Crippen LogP contribution in [0.25, 0.3) is 6.08 Å². The molecule has 2 aromatic carbocycles. The quantitative estimate of drug-likeness (QED) is 0.592. The molecule has 1 fully saturated rings. The van der Waals surface area contributed by atoms with Crippen LogP contribution in [0.3, 0.4) is 0 Å². The molecule has 6 rings (SSSR count). The fraction of sp³-hybridized carbons (Fsp3) is 0.214. The van der Waals surface area contributed by atoms with Crippen LogP contribution in [0.1, 0.15) is 28.4 Å². The summed E-state index contributed by atoms with van der Waals surface area (Å²) in [6.07, 6.45) is 6.99. The van der Waals surface area contributed by atoms with Gasteiger partial charge >= 0.3 is 0 Å². The lowest BCUT2D eigenvalue weighted by Gasteiger charge is -2.37. The van der Waals surface area contributed by atoms with Crippen LogP contribution in [0.15, 0.2) is 73.1 Å². The van der Waals surface area contributed by atoms with Crippen LogP contribution in [0, 0.1) is 5.92 Å². The number of benzene rings is 2. The third-order valence-corrected chi connectivity index (χ3v) is 7.50. The molecule has 1 aromatic heterocycles. The summed E-state index contributed by atoms with van der Waals surface area (Å²) in [5, 5.41) is 3.01. The van der Waals surface area contributed by atoms with Crippen molar-refractivity contribution in [3.05, 3.63) is 89.8 Å². The third-order valence-electron chi connectivity index (χ3n) is 7.50. The van der Waals surface area contributed by atoms with Crippen molar-refractivity contribution in [1.82, 2.24) is 4.98 Å². The van der Waals surface area contributed by atoms with E-state index in [1.165, 1.54) is 6.92 Å². The van der Waals surface area contributed by atoms with E-state index in [9.17, 15) is 14.4 Å². The lowest BCUT2D eigenvalue weighted by atomic mass is 9.64. The smallest absolute Gasteiger partial charge is 0.238 e. The summed E-state index contributed by atoms with van der Waals surface area (Å²) in [7, 11) is 1.60. The van der Waals surface area contributed by atoms with Crippen molar-refractivity contribution in [3.8, 4) is 5.75 Å². The van der Waals surface area contributed by atoms with Crippen molar-refractivity contribution in [2.75, 3.05) is 17.3 Å². The highest BCUT2D eigenvalue weighted by atomic mass is 16.5. The first-order chi connectivity index (χ1) is 17.0. The van der Waals surface area contributed by atoms with Gasteiger partial charge in [-0.3, -0.25) is 19.4 Å². The largest absolute Gasteiger partial charge is 0.497 e. The van der Waals surface area contributed by atoms with Crippen molar-refractivity contribution in [3.63, 3.8) is 0 Å². The number of nitrogens with zero attached hydrogens (tertiary/aromatic N) is 2. The lowest BCUT2D eigenvalue weighted by Crippen LogP contribution is -2.51. The summed E-state index contributed by atoms with van der Waals surface area (Å²) < 4.78 is 5.40. The zero-order valence-corrected chi connectivity index (χ0v) is 19.3. The maximum Gasteiger partial charge on any atom is 0.238 e. The Hall–Kier alpha value is -4.26. The molecule has 3 aliphatic heterocycles. The van der Waals surface area contributed by atoms with Crippen LogP contribution in [0.4, 0.5) is 11.4 Å². The van der Waals surface area contributed by atoms with Gasteiger partial charge in [-0.25, -0.2) is 0 Å². The van der Waals surface area contributed by atoms with Gasteiger partial charge in [0, 0.05) is 34.9 Å². The first-order valence-electron chi connectivity index (χ1n) is 11.5. The molecule has 0 saturated carbocycles. The van der Waals surface area contributed by atoms with Crippen LogP contribution < -0.4 is 15.0 Å². The first kappa shape index (κ1) is 21.3. The molecule has 1 N–H and O–H groups in total. The van der Waals surface area contributed by atoms with Gasteiger partial charge in [0.25, 0.3) is 0 Å². The Morgan fingerprint density at radius 3 is 2.60 bits per heavy atom. The highest BCUT2D eigenvalue weighted by Crippen LogP contribution is 2.57. The van der Waals surface area contributed by atoms with Gasteiger partial charge in [0.15, 0.2) is 11.6 Å². The summed E-state index contributed by atoms with van der Waals surface area (Å²) in [5.41, 5.74) is 2.21. The molecular weight excluding hydrogens is 442 g/mol. The van der Waals surface area contributed by atoms with Gasteiger partial charge < -0.3 is 15.0 Å². The zero-order valence-electron chi connectivity index (χ0n) is 19.3. The number of carbonyl (C=O) groups excluding carboxylic acids is 3. The van der Waals surface area contributed by atoms with Gasteiger partial charge in [-0.1, -0.05) is 30.4 Å². The molecule has 4 atom stereocenters. The highest BCUT2D eigenvalue weighted by molar-refractivity contribution is 6.16. The van der Waals surface area contributed by atoms with Crippen molar-refractivity contribution in [2.45, 2.75) is 24.4 Å². The molecule has 0 aliphatic carbocycles. The maximum absolute atomic E-state index is 14.2. The van der Waals surface area contributed by atoms with Crippen LogP contribution >= 0.6 is 0 Å². The Labute approximate surface area is 202 Å². The number of hydrogen-bond donors (Lipinski definition) is 1. The number of para-hydroxylation sites is 1. The number of Topliss-reactive ketones (excluding diaryl/α,β-unsaturated/α-hetero) is 2. The average Bonchev–Trinajstić information content (AvgIpc) is 3.36. The maximum atomic E-state index is 14.2. The van der Waals surface area contributed by atoms with Gasteiger partial charge in [-0.15, -0.1) is 0 Å². The molecule has 174 valence electrons.